The fraction of sp³-hybridized carbons (Fsp3) is 0.519. The molecule has 2 aromatic rings. The molecule has 38 heavy (non-hydrogen) atoms. The summed E-state index contributed by atoms with van der Waals surface area (Å²) in [5.74, 6) is 1.34. The van der Waals surface area contributed by atoms with Gasteiger partial charge in [-0.05, 0) is 44.0 Å². The van der Waals surface area contributed by atoms with Gasteiger partial charge >= 0.3 is 6.03 Å². The first kappa shape index (κ1) is 25.9. The van der Waals surface area contributed by atoms with Crippen LogP contribution in [0.3, 0.4) is 0 Å². The van der Waals surface area contributed by atoms with Gasteiger partial charge in [0.15, 0.2) is 5.82 Å². The molecule has 1 atom stereocenters. The normalized spacial score (nSPS) is 18.7. The Morgan fingerprint density at radius 3 is 2.58 bits per heavy atom. The van der Waals surface area contributed by atoms with Gasteiger partial charge < -0.3 is 30.1 Å². The van der Waals surface area contributed by atoms with E-state index in [1.54, 1.807) is 16.8 Å². The number of morpholine rings is 1. The third kappa shape index (κ3) is 5.88. The summed E-state index contributed by atoms with van der Waals surface area (Å²) >= 11 is 0. The monoisotopic (exact) mass is 521 g/mol. The number of fused-ring (bicyclic) bond motifs is 1. The van der Waals surface area contributed by atoms with Crippen molar-refractivity contribution < 1.29 is 19.1 Å². The van der Waals surface area contributed by atoms with E-state index in [1.807, 2.05) is 24.3 Å². The molecule has 3 aliphatic rings. The van der Waals surface area contributed by atoms with Gasteiger partial charge in [0.05, 0.1) is 38.0 Å². The SMILES string of the molecule is CC(=O)N(C)CCC(=O)N1Cc2nc(-c3ccc(NC(=O)NC4CC4)cc3)nc(N3CCOCC3C)c2C1. The summed E-state index contributed by atoms with van der Waals surface area (Å²) in [6.45, 7) is 6.76. The second-order valence-corrected chi connectivity index (χ2v) is 10.3. The van der Waals surface area contributed by atoms with Crippen LogP contribution in [0.25, 0.3) is 11.4 Å². The van der Waals surface area contributed by atoms with Crippen molar-refractivity contribution in [1.82, 2.24) is 25.1 Å². The molecule has 202 valence electrons. The van der Waals surface area contributed by atoms with Crippen LogP contribution >= 0.6 is 0 Å². The molecule has 1 aliphatic carbocycles. The van der Waals surface area contributed by atoms with Crippen molar-refractivity contribution >= 4 is 29.4 Å². The molecule has 4 amide bonds. The van der Waals surface area contributed by atoms with Gasteiger partial charge in [-0.3, -0.25) is 9.59 Å². The Bertz CT molecular complexity index is 1210. The fourth-order valence-electron chi connectivity index (χ4n) is 4.68. The highest BCUT2D eigenvalue weighted by molar-refractivity contribution is 5.90. The average molecular weight is 522 g/mol. The van der Waals surface area contributed by atoms with Crippen LogP contribution in [0.4, 0.5) is 16.3 Å². The molecule has 1 aromatic heterocycles. The number of amides is 4. The van der Waals surface area contributed by atoms with Gasteiger partial charge in [0.25, 0.3) is 0 Å². The number of anilines is 2. The Morgan fingerprint density at radius 2 is 1.89 bits per heavy atom. The molecule has 5 rings (SSSR count). The molecule has 1 unspecified atom stereocenters. The number of hydrogen-bond acceptors (Lipinski definition) is 7. The van der Waals surface area contributed by atoms with Crippen LogP contribution < -0.4 is 15.5 Å². The highest BCUT2D eigenvalue weighted by Crippen LogP contribution is 2.34. The number of carbonyl (C=O) groups excluding carboxylic acids is 3. The molecule has 0 spiro atoms. The Kier molecular flexibility index (Phi) is 7.46. The highest BCUT2D eigenvalue weighted by Gasteiger charge is 2.32. The molecule has 11 nitrogen and oxygen atoms in total. The Labute approximate surface area is 222 Å². The smallest absolute Gasteiger partial charge is 0.319 e. The Morgan fingerprint density at radius 1 is 1.13 bits per heavy atom. The summed E-state index contributed by atoms with van der Waals surface area (Å²) in [6.07, 6.45) is 2.33. The molecule has 11 heteroatoms. The van der Waals surface area contributed by atoms with Gasteiger partial charge in [0, 0.05) is 56.3 Å². The van der Waals surface area contributed by atoms with E-state index in [4.69, 9.17) is 14.7 Å². The van der Waals surface area contributed by atoms with Crippen molar-refractivity contribution in [1.29, 1.82) is 0 Å². The van der Waals surface area contributed by atoms with Gasteiger partial charge in [-0.15, -0.1) is 0 Å². The summed E-state index contributed by atoms with van der Waals surface area (Å²) in [4.78, 5) is 52.1. The van der Waals surface area contributed by atoms with E-state index in [0.29, 0.717) is 50.9 Å². The largest absolute Gasteiger partial charge is 0.377 e. The maximum absolute atomic E-state index is 13.0. The Balaban J connectivity index is 1.37. The zero-order valence-corrected chi connectivity index (χ0v) is 22.2. The highest BCUT2D eigenvalue weighted by atomic mass is 16.5. The van der Waals surface area contributed by atoms with Crippen LogP contribution in [0, 0.1) is 0 Å². The lowest BCUT2D eigenvalue weighted by atomic mass is 10.1. The number of nitrogens with one attached hydrogen (secondary N) is 2. The second kappa shape index (κ2) is 10.9. The third-order valence-corrected chi connectivity index (χ3v) is 7.27. The molecule has 2 aliphatic heterocycles. The maximum Gasteiger partial charge on any atom is 0.319 e. The van der Waals surface area contributed by atoms with Crippen LogP contribution in [0.15, 0.2) is 24.3 Å². The maximum atomic E-state index is 13.0. The number of benzene rings is 1. The van der Waals surface area contributed by atoms with Gasteiger partial charge in [-0.25, -0.2) is 14.8 Å². The molecular formula is C27H35N7O4. The molecule has 0 radical (unpaired) electrons. The molecule has 0 bridgehead atoms. The number of nitrogens with zero attached hydrogens (tertiary/aromatic N) is 5. The zero-order chi connectivity index (χ0) is 26.8. The van der Waals surface area contributed by atoms with Gasteiger partial charge in [-0.2, -0.15) is 0 Å². The van der Waals surface area contributed by atoms with Crippen LogP contribution in [-0.4, -0.2) is 83.0 Å². The molecule has 3 heterocycles. The molecule has 1 saturated heterocycles. The van der Waals surface area contributed by atoms with E-state index >= 15 is 0 Å². The van der Waals surface area contributed by atoms with E-state index in [-0.39, 0.29) is 36.3 Å². The van der Waals surface area contributed by atoms with E-state index in [9.17, 15) is 14.4 Å². The summed E-state index contributed by atoms with van der Waals surface area (Å²) in [7, 11) is 1.70. The average Bonchev–Trinajstić information content (AvgIpc) is 3.60. The first-order chi connectivity index (χ1) is 18.3. The lowest BCUT2D eigenvalue weighted by molar-refractivity contribution is -0.133. The van der Waals surface area contributed by atoms with Crippen LogP contribution in [0.1, 0.15) is 44.4 Å². The van der Waals surface area contributed by atoms with Crippen LogP contribution in [0.5, 0.6) is 0 Å². The van der Waals surface area contributed by atoms with E-state index in [1.165, 1.54) is 6.92 Å². The van der Waals surface area contributed by atoms with Crippen molar-refractivity contribution in [3.8, 4) is 11.4 Å². The Hall–Kier alpha value is -3.73. The van der Waals surface area contributed by atoms with Crippen LogP contribution in [0.2, 0.25) is 0 Å². The predicted octanol–water partition coefficient (Wildman–Crippen LogP) is 2.36. The van der Waals surface area contributed by atoms with Crippen molar-refractivity contribution in [3.63, 3.8) is 0 Å². The van der Waals surface area contributed by atoms with Crippen molar-refractivity contribution in [2.45, 2.75) is 58.3 Å². The first-order valence-corrected chi connectivity index (χ1v) is 13.2. The van der Waals surface area contributed by atoms with Crippen molar-refractivity contribution in [2.75, 3.05) is 43.6 Å². The number of carbonyl (C=O) groups is 3. The molecule has 2 fully saturated rings. The lowest BCUT2D eigenvalue weighted by Crippen LogP contribution is -2.44. The number of hydrogen-bond donors (Lipinski definition) is 2. The fourth-order valence-corrected chi connectivity index (χ4v) is 4.68. The van der Waals surface area contributed by atoms with E-state index < -0.39 is 0 Å². The number of urea groups is 1. The lowest BCUT2D eigenvalue weighted by Gasteiger charge is -2.35. The quantitative estimate of drug-likeness (QED) is 0.574. The number of ether oxygens (including phenoxy) is 1. The molecular weight excluding hydrogens is 486 g/mol. The molecule has 1 aromatic carbocycles. The summed E-state index contributed by atoms with van der Waals surface area (Å²) in [6, 6.07) is 7.72. The standard InChI is InChI=1S/C27H35N7O4/c1-17-16-38-13-12-34(17)26-22-14-33(24(36)10-11-32(3)18(2)35)15-23(22)30-25(31-26)19-4-6-20(7-5-19)28-27(37)29-21-8-9-21/h4-7,17,21H,8-16H2,1-3H3,(H2,28,29,37). The molecule has 2 N–H and O–H groups in total. The van der Waals surface area contributed by atoms with Crippen molar-refractivity contribution in [3.05, 3.63) is 35.5 Å². The summed E-state index contributed by atoms with van der Waals surface area (Å²) in [5.41, 5.74) is 3.33. The topological polar surface area (TPSA) is 120 Å². The van der Waals surface area contributed by atoms with Crippen molar-refractivity contribution in [2.24, 2.45) is 0 Å². The number of rotatable bonds is 7. The minimum Gasteiger partial charge on any atom is -0.377 e. The van der Waals surface area contributed by atoms with Crippen LogP contribution in [-0.2, 0) is 27.4 Å². The van der Waals surface area contributed by atoms with Gasteiger partial charge in [0.1, 0.15) is 5.82 Å². The van der Waals surface area contributed by atoms with E-state index in [2.05, 4.69) is 22.5 Å². The zero-order valence-electron chi connectivity index (χ0n) is 22.2. The third-order valence-electron chi connectivity index (χ3n) is 7.27. The number of aromatic nitrogens is 2. The minimum absolute atomic E-state index is 0.0153. The molecule has 1 saturated carbocycles. The summed E-state index contributed by atoms with van der Waals surface area (Å²) in [5, 5.41) is 5.78. The van der Waals surface area contributed by atoms with E-state index in [0.717, 1.165) is 35.5 Å². The predicted molar refractivity (Wildman–Crippen MR) is 142 cm³/mol. The van der Waals surface area contributed by atoms with Gasteiger partial charge in [0.2, 0.25) is 11.8 Å². The first-order valence-electron chi connectivity index (χ1n) is 13.2. The summed E-state index contributed by atoms with van der Waals surface area (Å²) < 4.78 is 5.65. The van der Waals surface area contributed by atoms with Gasteiger partial charge in [-0.1, -0.05) is 0 Å². The second-order valence-electron chi connectivity index (χ2n) is 10.3. The minimum atomic E-state index is -0.197.